The molecule has 0 saturated carbocycles. The summed E-state index contributed by atoms with van der Waals surface area (Å²) in [5, 5.41) is 10.5. The van der Waals surface area contributed by atoms with Crippen molar-refractivity contribution in [3.8, 4) is 0 Å². The molecule has 0 aliphatic heterocycles. The molecule has 1 nitrogen and oxygen atoms in total. The molecule has 0 aliphatic carbocycles. The number of halogens is 2. The quantitative estimate of drug-likeness (QED) is 0.907. The zero-order valence-corrected chi connectivity index (χ0v) is 11.6. The predicted molar refractivity (Wildman–Crippen MR) is 73.8 cm³/mol. The second kappa shape index (κ2) is 5.21. The minimum absolute atomic E-state index is 0.294. The fourth-order valence-electron chi connectivity index (χ4n) is 1.96. The van der Waals surface area contributed by atoms with Crippen LogP contribution in [0.15, 0.2) is 53.0 Å². The van der Waals surface area contributed by atoms with Crippen LogP contribution < -0.4 is 0 Å². The topological polar surface area (TPSA) is 20.2 Å². The Bertz CT molecular complexity index is 534. The molecule has 0 spiro atoms. The molecular formula is C15H14BrFO. The summed E-state index contributed by atoms with van der Waals surface area (Å²) in [7, 11) is 0. The molecule has 94 valence electrons. The van der Waals surface area contributed by atoms with E-state index in [1.165, 1.54) is 12.1 Å². The van der Waals surface area contributed by atoms with Crippen molar-refractivity contribution in [1.29, 1.82) is 0 Å². The van der Waals surface area contributed by atoms with Gasteiger partial charge >= 0.3 is 0 Å². The van der Waals surface area contributed by atoms with E-state index >= 15 is 0 Å². The molecule has 1 N–H and O–H groups in total. The first-order valence-corrected chi connectivity index (χ1v) is 6.49. The van der Waals surface area contributed by atoms with E-state index in [9.17, 15) is 9.50 Å². The fraction of sp³-hybridized carbons (Fsp3) is 0.200. The highest BCUT2D eigenvalue weighted by Gasteiger charge is 2.23. The highest BCUT2D eigenvalue weighted by molar-refractivity contribution is 9.10. The lowest BCUT2D eigenvalue weighted by Crippen LogP contribution is -2.24. The third-order valence-corrected chi connectivity index (χ3v) is 3.40. The molecule has 18 heavy (non-hydrogen) atoms. The number of benzene rings is 2. The van der Waals surface area contributed by atoms with Crippen molar-refractivity contribution in [1.82, 2.24) is 0 Å². The lowest BCUT2D eigenvalue weighted by Gasteiger charge is -2.24. The number of hydrogen-bond acceptors (Lipinski definition) is 1. The van der Waals surface area contributed by atoms with Crippen LogP contribution in [0.1, 0.15) is 18.1 Å². The van der Waals surface area contributed by atoms with Gasteiger partial charge < -0.3 is 5.11 Å². The summed E-state index contributed by atoms with van der Waals surface area (Å²) in [6.45, 7) is 1.74. The summed E-state index contributed by atoms with van der Waals surface area (Å²) in [5.41, 5.74) is 0.733. The Kier molecular flexibility index (Phi) is 3.83. The molecule has 0 aromatic heterocycles. The van der Waals surface area contributed by atoms with Crippen molar-refractivity contribution in [2.24, 2.45) is 0 Å². The van der Waals surface area contributed by atoms with Gasteiger partial charge in [0.25, 0.3) is 0 Å². The predicted octanol–water partition coefficient (Wildman–Crippen LogP) is 4.04. The molecule has 0 saturated heterocycles. The number of hydrogen-bond donors (Lipinski definition) is 1. The molecule has 0 heterocycles. The van der Waals surface area contributed by atoms with Gasteiger partial charge in [-0.05, 0) is 42.3 Å². The van der Waals surface area contributed by atoms with E-state index in [0.29, 0.717) is 12.0 Å². The van der Waals surface area contributed by atoms with Gasteiger partial charge in [-0.25, -0.2) is 4.39 Å². The maximum atomic E-state index is 12.9. The molecule has 3 heteroatoms. The summed E-state index contributed by atoms with van der Waals surface area (Å²) in [5.74, 6) is -0.294. The minimum Gasteiger partial charge on any atom is -0.385 e. The van der Waals surface area contributed by atoms with Crippen LogP contribution in [0.25, 0.3) is 0 Å². The van der Waals surface area contributed by atoms with Crippen molar-refractivity contribution in [2.45, 2.75) is 18.9 Å². The van der Waals surface area contributed by atoms with Gasteiger partial charge in [-0.15, -0.1) is 0 Å². The summed E-state index contributed by atoms with van der Waals surface area (Å²) < 4.78 is 13.8. The Labute approximate surface area is 114 Å². The summed E-state index contributed by atoms with van der Waals surface area (Å²) >= 11 is 3.40. The van der Waals surface area contributed by atoms with Gasteiger partial charge in [0, 0.05) is 10.9 Å². The third kappa shape index (κ3) is 3.18. The Morgan fingerprint density at radius 3 is 2.44 bits per heavy atom. The van der Waals surface area contributed by atoms with E-state index in [4.69, 9.17) is 0 Å². The van der Waals surface area contributed by atoms with Crippen molar-refractivity contribution >= 4 is 15.9 Å². The third-order valence-electron chi connectivity index (χ3n) is 2.90. The van der Waals surface area contributed by atoms with Crippen LogP contribution in [-0.2, 0) is 12.0 Å². The lowest BCUT2D eigenvalue weighted by atomic mass is 9.89. The lowest BCUT2D eigenvalue weighted by molar-refractivity contribution is 0.0575. The molecule has 0 radical (unpaired) electrons. The summed E-state index contributed by atoms with van der Waals surface area (Å²) in [6, 6.07) is 13.8. The van der Waals surface area contributed by atoms with Crippen LogP contribution in [0.5, 0.6) is 0 Å². The van der Waals surface area contributed by atoms with E-state index in [-0.39, 0.29) is 5.82 Å². The molecule has 2 aromatic rings. The Balaban J connectivity index is 2.23. The Hall–Kier alpha value is -1.19. The maximum Gasteiger partial charge on any atom is 0.123 e. The second-order valence-electron chi connectivity index (χ2n) is 4.59. The van der Waals surface area contributed by atoms with Crippen molar-refractivity contribution in [3.63, 3.8) is 0 Å². The van der Waals surface area contributed by atoms with E-state index in [1.807, 2.05) is 24.3 Å². The highest BCUT2D eigenvalue weighted by atomic mass is 79.9. The van der Waals surface area contributed by atoms with Crippen molar-refractivity contribution in [3.05, 3.63) is 69.9 Å². The molecule has 2 rings (SSSR count). The maximum absolute atomic E-state index is 12.9. The van der Waals surface area contributed by atoms with Gasteiger partial charge in [0.15, 0.2) is 0 Å². The standard InChI is InChI=1S/C15H14BrFO/c1-15(18,12-5-7-14(17)8-6-12)10-11-3-2-4-13(16)9-11/h2-9,18H,10H2,1H3. The van der Waals surface area contributed by atoms with Gasteiger partial charge in [0.05, 0.1) is 5.60 Å². The molecule has 0 aliphatic rings. The first-order valence-electron chi connectivity index (χ1n) is 5.70. The molecule has 2 aromatic carbocycles. The number of aliphatic hydroxyl groups is 1. The average Bonchev–Trinajstić information content (AvgIpc) is 2.29. The van der Waals surface area contributed by atoms with Crippen molar-refractivity contribution in [2.75, 3.05) is 0 Å². The fourth-order valence-corrected chi connectivity index (χ4v) is 2.40. The Morgan fingerprint density at radius 1 is 1.17 bits per heavy atom. The molecule has 1 atom stereocenters. The normalized spacial score (nSPS) is 14.2. The first-order chi connectivity index (χ1) is 8.47. The van der Waals surface area contributed by atoms with E-state index < -0.39 is 5.60 Å². The van der Waals surface area contributed by atoms with Gasteiger partial charge in [-0.1, -0.05) is 40.2 Å². The molecular weight excluding hydrogens is 295 g/mol. The van der Waals surface area contributed by atoms with Crippen LogP contribution in [0.4, 0.5) is 4.39 Å². The average molecular weight is 309 g/mol. The molecule has 1 unspecified atom stereocenters. The van der Waals surface area contributed by atoms with Crippen molar-refractivity contribution < 1.29 is 9.50 Å². The van der Waals surface area contributed by atoms with E-state index in [2.05, 4.69) is 15.9 Å². The van der Waals surface area contributed by atoms with Gasteiger partial charge in [-0.3, -0.25) is 0 Å². The summed E-state index contributed by atoms with van der Waals surface area (Å²) in [6.07, 6.45) is 0.484. The summed E-state index contributed by atoms with van der Waals surface area (Å²) in [4.78, 5) is 0. The Morgan fingerprint density at radius 2 is 1.83 bits per heavy atom. The first kappa shape index (κ1) is 13.2. The number of rotatable bonds is 3. The van der Waals surface area contributed by atoms with Crippen LogP contribution in [0, 0.1) is 5.82 Å². The van der Waals surface area contributed by atoms with Crippen LogP contribution in [0.2, 0.25) is 0 Å². The van der Waals surface area contributed by atoms with E-state index in [1.54, 1.807) is 19.1 Å². The largest absolute Gasteiger partial charge is 0.385 e. The van der Waals surface area contributed by atoms with Gasteiger partial charge in [-0.2, -0.15) is 0 Å². The zero-order valence-electron chi connectivity index (χ0n) is 10.0. The minimum atomic E-state index is -1.01. The molecule has 0 fully saturated rings. The van der Waals surface area contributed by atoms with Gasteiger partial charge in [0.1, 0.15) is 5.82 Å². The van der Waals surface area contributed by atoms with Crippen LogP contribution in [0.3, 0.4) is 0 Å². The molecule has 0 bridgehead atoms. The smallest absolute Gasteiger partial charge is 0.123 e. The molecule has 0 amide bonds. The van der Waals surface area contributed by atoms with Crippen LogP contribution >= 0.6 is 15.9 Å². The highest BCUT2D eigenvalue weighted by Crippen LogP contribution is 2.26. The monoisotopic (exact) mass is 308 g/mol. The van der Waals surface area contributed by atoms with Crippen LogP contribution in [-0.4, -0.2) is 5.11 Å². The zero-order chi connectivity index (χ0) is 13.2. The SMILES string of the molecule is CC(O)(Cc1cccc(Br)c1)c1ccc(F)cc1. The van der Waals surface area contributed by atoms with E-state index in [0.717, 1.165) is 10.0 Å². The van der Waals surface area contributed by atoms with Gasteiger partial charge in [0.2, 0.25) is 0 Å². The second-order valence-corrected chi connectivity index (χ2v) is 5.50.